The quantitative estimate of drug-likeness (QED) is 0.182. The summed E-state index contributed by atoms with van der Waals surface area (Å²) in [6.45, 7) is 0. The molecular weight excluding hydrogens is 488 g/mol. The molecule has 0 saturated carbocycles. The Morgan fingerprint density at radius 2 is 0.700 bits per heavy atom. The second kappa shape index (κ2) is 7.89. The standard InChI is InChI=1S/C38H24O2/c39-37(23-7-3-1-4-8-23)29-19-25-13-11-22-16-18-28-30(38(40)24-9-5-2-6-10-24)20-26-14-12-21-15-17-27(29)35-31(21)34(26)36(28)32(22)33(25)35/h1-20,37-40H. The third-order valence-corrected chi connectivity index (χ3v) is 9.00. The Hall–Kier alpha value is -4.76. The zero-order valence-corrected chi connectivity index (χ0v) is 21.6. The summed E-state index contributed by atoms with van der Waals surface area (Å²) < 4.78 is 0. The van der Waals surface area contributed by atoms with Crippen molar-refractivity contribution in [1.82, 2.24) is 0 Å². The van der Waals surface area contributed by atoms with Gasteiger partial charge in [-0.3, -0.25) is 0 Å². The van der Waals surface area contributed by atoms with Gasteiger partial charge in [0.1, 0.15) is 12.2 Å². The van der Waals surface area contributed by atoms with Crippen LogP contribution >= 0.6 is 0 Å². The molecule has 9 aromatic carbocycles. The maximum Gasteiger partial charge on any atom is 0.105 e. The molecule has 2 heteroatoms. The summed E-state index contributed by atoms with van der Waals surface area (Å²) in [4.78, 5) is 0. The van der Waals surface area contributed by atoms with E-state index in [4.69, 9.17) is 0 Å². The lowest BCUT2D eigenvalue weighted by atomic mass is 9.79. The second-order valence-corrected chi connectivity index (χ2v) is 11.1. The van der Waals surface area contributed by atoms with Crippen molar-refractivity contribution in [3.63, 3.8) is 0 Å². The van der Waals surface area contributed by atoms with E-state index in [-0.39, 0.29) is 0 Å². The highest BCUT2D eigenvalue weighted by Crippen LogP contribution is 2.51. The Kier molecular flexibility index (Phi) is 4.36. The van der Waals surface area contributed by atoms with Gasteiger partial charge in [-0.2, -0.15) is 0 Å². The summed E-state index contributed by atoms with van der Waals surface area (Å²) in [6.07, 6.45) is -1.45. The van der Waals surface area contributed by atoms with Crippen molar-refractivity contribution in [1.29, 1.82) is 0 Å². The van der Waals surface area contributed by atoms with Crippen LogP contribution in [-0.2, 0) is 0 Å². The Balaban J connectivity index is 1.48. The van der Waals surface area contributed by atoms with E-state index >= 15 is 0 Å². The molecule has 0 radical (unpaired) electrons. The minimum Gasteiger partial charge on any atom is -0.384 e. The molecule has 2 nitrogen and oxygen atoms in total. The number of rotatable bonds is 4. The van der Waals surface area contributed by atoms with Crippen LogP contribution in [0.15, 0.2) is 121 Å². The van der Waals surface area contributed by atoms with Crippen LogP contribution in [0.25, 0.3) is 64.6 Å². The van der Waals surface area contributed by atoms with Gasteiger partial charge in [0.05, 0.1) is 0 Å². The van der Waals surface area contributed by atoms with E-state index in [1.807, 2.05) is 60.7 Å². The van der Waals surface area contributed by atoms with Crippen LogP contribution in [0.4, 0.5) is 0 Å². The molecule has 0 fully saturated rings. The summed E-state index contributed by atoms with van der Waals surface area (Å²) >= 11 is 0. The van der Waals surface area contributed by atoms with Crippen LogP contribution in [-0.4, -0.2) is 10.2 Å². The Bertz CT molecular complexity index is 2150. The van der Waals surface area contributed by atoms with Crippen molar-refractivity contribution in [3.8, 4) is 0 Å². The van der Waals surface area contributed by atoms with E-state index < -0.39 is 12.2 Å². The molecule has 9 rings (SSSR count). The predicted octanol–water partition coefficient (Wildman–Crippen LogP) is 9.08. The van der Waals surface area contributed by atoms with Gasteiger partial charge >= 0.3 is 0 Å². The predicted molar refractivity (Wildman–Crippen MR) is 166 cm³/mol. The van der Waals surface area contributed by atoms with Crippen LogP contribution in [0.1, 0.15) is 34.5 Å². The van der Waals surface area contributed by atoms with Crippen LogP contribution in [0.3, 0.4) is 0 Å². The van der Waals surface area contributed by atoms with Crippen LogP contribution in [0.5, 0.6) is 0 Å². The molecule has 0 heterocycles. The largest absolute Gasteiger partial charge is 0.384 e. The molecule has 0 amide bonds. The van der Waals surface area contributed by atoms with Gasteiger partial charge in [0.15, 0.2) is 0 Å². The van der Waals surface area contributed by atoms with Crippen molar-refractivity contribution >= 4 is 64.6 Å². The highest BCUT2D eigenvalue weighted by atomic mass is 16.3. The minimum atomic E-state index is -0.724. The summed E-state index contributed by atoms with van der Waals surface area (Å²) in [6, 6.07) is 41.7. The molecule has 0 saturated heterocycles. The van der Waals surface area contributed by atoms with Gasteiger partial charge in [0.2, 0.25) is 0 Å². The Labute approximate surface area is 230 Å². The van der Waals surface area contributed by atoms with E-state index in [0.717, 1.165) is 43.8 Å². The van der Waals surface area contributed by atoms with Gasteiger partial charge in [-0.05, 0) is 99.0 Å². The van der Waals surface area contributed by atoms with Crippen LogP contribution in [0.2, 0.25) is 0 Å². The molecule has 0 bridgehead atoms. The summed E-state index contributed by atoms with van der Waals surface area (Å²) in [5, 5.41) is 37.4. The summed E-state index contributed by atoms with van der Waals surface area (Å²) in [7, 11) is 0. The molecule has 2 atom stereocenters. The number of hydrogen-bond acceptors (Lipinski definition) is 2. The average molecular weight is 513 g/mol. The lowest BCUT2D eigenvalue weighted by Gasteiger charge is -2.25. The number of benzene rings is 9. The van der Waals surface area contributed by atoms with E-state index in [1.54, 1.807) is 0 Å². The maximum absolute atomic E-state index is 11.6. The smallest absolute Gasteiger partial charge is 0.105 e. The van der Waals surface area contributed by atoms with Gasteiger partial charge in [0.25, 0.3) is 0 Å². The number of hydrogen-bond donors (Lipinski definition) is 2. The molecule has 2 unspecified atom stereocenters. The fraction of sp³-hybridized carbons (Fsp3) is 0.0526. The third kappa shape index (κ3) is 2.79. The first kappa shape index (κ1) is 22.1. The first-order chi connectivity index (χ1) is 19.7. The van der Waals surface area contributed by atoms with Gasteiger partial charge in [0, 0.05) is 0 Å². The topological polar surface area (TPSA) is 40.5 Å². The van der Waals surface area contributed by atoms with Gasteiger partial charge in [-0.15, -0.1) is 0 Å². The van der Waals surface area contributed by atoms with Crippen molar-refractivity contribution in [2.75, 3.05) is 0 Å². The molecular formula is C38H24O2. The molecule has 0 aromatic heterocycles. The average Bonchev–Trinajstić information content (AvgIpc) is 3.03. The van der Waals surface area contributed by atoms with Crippen molar-refractivity contribution in [2.45, 2.75) is 12.2 Å². The lowest BCUT2D eigenvalue weighted by Crippen LogP contribution is -2.04. The molecule has 0 aliphatic rings. The van der Waals surface area contributed by atoms with E-state index in [2.05, 4.69) is 60.7 Å². The Morgan fingerprint density at radius 3 is 1.12 bits per heavy atom. The van der Waals surface area contributed by atoms with Gasteiger partial charge < -0.3 is 10.2 Å². The highest BCUT2D eigenvalue weighted by Gasteiger charge is 2.26. The first-order valence-corrected chi connectivity index (χ1v) is 13.8. The SMILES string of the molecule is OC(c1ccccc1)c1cc2ccc3ccc4c(C(O)c5ccccc5)cc5ccc6ccc1c1c6c5c4c3c21. The van der Waals surface area contributed by atoms with Crippen LogP contribution < -0.4 is 0 Å². The molecule has 0 aliphatic carbocycles. The van der Waals surface area contributed by atoms with Crippen molar-refractivity contribution in [3.05, 3.63) is 144 Å². The lowest BCUT2D eigenvalue weighted by molar-refractivity contribution is 0.222. The fourth-order valence-electron chi connectivity index (χ4n) is 7.22. The molecule has 2 N–H and O–H groups in total. The monoisotopic (exact) mass is 512 g/mol. The molecule has 0 aliphatic heterocycles. The molecule has 40 heavy (non-hydrogen) atoms. The first-order valence-electron chi connectivity index (χ1n) is 13.8. The minimum absolute atomic E-state index is 0.724. The Morgan fingerprint density at radius 1 is 0.350 bits per heavy atom. The maximum atomic E-state index is 11.6. The normalized spacial score (nSPS) is 14.1. The zero-order chi connectivity index (χ0) is 26.5. The fourth-order valence-corrected chi connectivity index (χ4v) is 7.22. The van der Waals surface area contributed by atoms with E-state index in [0.29, 0.717) is 0 Å². The van der Waals surface area contributed by atoms with Gasteiger partial charge in [-0.1, -0.05) is 109 Å². The molecule has 188 valence electrons. The van der Waals surface area contributed by atoms with E-state index in [9.17, 15) is 10.2 Å². The van der Waals surface area contributed by atoms with Crippen molar-refractivity contribution < 1.29 is 10.2 Å². The third-order valence-electron chi connectivity index (χ3n) is 9.00. The van der Waals surface area contributed by atoms with E-state index in [1.165, 1.54) is 43.1 Å². The number of aliphatic hydroxyl groups excluding tert-OH is 2. The molecule has 0 spiro atoms. The number of aliphatic hydroxyl groups is 2. The zero-order valence-electron chi connectivity index (χ0n) is 21.6. The van der Waals surface area contributed by atoms with Gasteiger partial charge in [-0.25, -0.2) is 0 Å². The van der Waals surface area contributed by atoms with Crippen molar-refractivity contribution in [2.24, 2.45) is 0 Å². The second-order valence-electron chi connectivity index (χ2n) is 11.1. The highest BCUT2D eigenvalue weighted by molar-refractivity contribution is 6.45. The summed E-state index contributed by atoms with van der Waals surface area (Å²) in [5.74, 6) is 0. The molecule has 9 aromatic rings. The van der Waals surface area contributed by atoms with Crippen LogP contribution in [0, 0.1) is 0 Å². The summed E-state index contributed by atoms with van der Waals surface area (Å²) in [5.41, 5.74) is 3.64.